The number of nitrogens with zero attached hydrogens (tertiary/aromatic N) is 1. The van der Waals surface area contributed by atoms with Crippen LogP contribution in [-0.2, 0) is 27.4 Å². The molecule has 0 saturated carbocycles. The van der Waals surface area contributed by atoms with Crippen molar-refractivity contribution in [2.45, 2.75) is 50.0 Å². The van der Waals surface area contributed by atoms with Crippen LogP contribution in [0.15, 0.2) is 18.2 Å². The maximum atomic E-state index is 12.7. The maximum Gasteiger partial charge on any atom is 0.255 e. The van der Waals surface area contributed by atoms with Crippen molar-refractivity contribution in [3.8, 4) is 0 Å². The number of rotatable bonds is 4. The molecule has 0 radical (unpaired) electrons. The fourth-order valence-corrected chi connectivity index (χ4v) is 4.63. The average molecular weight is 384 g/mol. The van der Waals surface area contributed by atoms with Crippen LogP contribution >= 0.6 is 0 Å². The number of amides is 3. The zero-order chi connectivity index (χ0) is 19.3. The number of imide groups is 1. The Morgan fingerprint density at radius 1 is 1.25 bits per heavy atom. The van der Waals surface area contributed by atoms with Crippen molar-refractivity contribution in [1.29, 1.82) is 0 Å². The molecule has 4 aliphatic heterocycles. The lowest BCUT2D eigenvalue weighted by Crippen LogP contribution is -2.59. The highest BCUT2D eigenvalue weighted by Gasteiger charge is 2.45. The molecule has 3 saturated heterocycles. The number of benzene rings is 1. The SMILES string of the molecule is O=C1CCC(N2Cc3cc(CNC4COC5(CNC5)C4)ccc3C2=O)C(=O)N1. The van der Waals surface area contributed by atoms with Gasteiger partial charge in [0.15, 0.2) is 0 Å². The molecule has 0 aromatic heterocycles. The van der Waals surface area contributed by atoms with Crippen molar-refractivity contribution >= 4 is 17.7 Å². The Bertz CT molecular complexity index is 851. The standard InChI is InChI=1S/C20H24N4O4/c25-17-4-3-16(18(26)23-17)24-8-13-5-12(1-2-15(13)19(24)27)7-22-14-6-20(28-9-14)10-21-11-20/h1-2,5,14,16,21-22H,3-4,6-11H2,(H,23,25,26). The number of carbonyl (C=O) groups excluding carboxylic acids is 3. The lowest BCUT2D eigenvalue weighted by molar-refractivity contribution is -0.136. The van der Waals surface area contributed by atoms with Gasteiger partial charge in [-0.25, -0.2) is 0 Å². The van der Waals surface area contributed by atoms with Gasteiger partial charge in [0.1, 0.15) is 6.04 Å². The van der Waals surface area contributed by atoms with Crippen LogP contribution in [0.3, 0.4) is 0 Å². The number of hydrogen-bond donors (Lipinski definition) is 3. The Morgan fingerprint density at radius 2 is 2.11 bits per heavy atom. The Kier molecular flexibility index (Phi) is 4.22. The molecule has 1 aromatic carbocycles. The Morgan fingerprint density at radius 3 is 2.82 bits per heavy atom. The molecule has 8 heteroatoms. The minimum Gasteiger partial charge on any atom is -0.371 e. The largest absolute Gasteiger partial charge is 0.371 e. The van der Waals surface area contributed by atoms with Gasteiger partial charge in [0, 0.05) is 44.2 Å². The van der Waals surface area contributed by atoms with Crippen LogP contribution in [-0.4, -0.2) is 60.0 Å². The van der Waals surface area contributed by atoms with Gasteiger partial charge in [-0.3, -0.25) is 19.7 Å². The molecule has 1 spiro atoms. The van der Waals surface area contributed by atoms with Crippen LogP contribution in [0.1, 0.15) is 40.7 Å². The van der Waals surface area contributed by atoms with Crippen molar-refractivity contribution < 1.29 is 19.1 Å². The van der Waals surface area contributed by atoms with Crippen molar-refractivity contribution in [3.63, 3.8) is 0 Å². The monoisotopic (exact) mass is 384 g/mol. The summed E-state index contributed by atoms with van der Waals surface area (Å²) in [5.74, 6) is -0.776. The highest BCUT2D eigenvalue weighted by Crippen LogP contribution is 2.30. The summed E-state index contributed by atoms with van der Waals surface area (Å²) in [6, 6.07) is 5.64. The minimum atomic E-state index is -0.568. The van der Waals surface area contributed by atoms with Crippen LogP contribution in [0, 0.1) is 0 Å². The fourth-order valence-electron chi connectivity index (χ4n) is 4.63. The zero-order valence-corrected chi connectivity index (χ0v) is 15.6. The van der Waals surface area contributed by atoms with Gasteiger partial charge in [0.05, 0.1) is 12.2 Å². The molecule has 1 aromatic rings. The van der Waals surface area contributed by atoms with E-state index in [1.165, 1.54) is 0 Å². The average Bonchev–Trinajstić information content (AvgIpc) is 3.22. The third-order valence-electron chi connectivity index (χ3n) is 6.29. The van der Waals surface area contributed by atoms with E-state index in [0.717, 1.165) is 43.8 Å². The maximum absolute atomic E-state index is 12.7. The molecule has 0 aliphatic carbocycles. The first-order valence-electron chi connectivity index (χ1n) is 9.88. The van der Waals surface area contributed by atoms with Crippen molar-refractivity contribution in [2.75, 3.05) is 19.7 Å². The number of hydrogen-bond acceptors (Lipinski definition) is 6. The van der Waals surface area contributed by atoms with E-state index >= 15 is 0 Å². The lowest BCUT2D eigenvalue weighted by Gasteiger charge is -2.38. The normalized spacial score (nSPS) is 28.4. The van der Waals surface area contributed by atoms with E-state index in [4.69, 9.17) is 4.74 Å². The second kappa shape index (κ2) is 6.65. The quantitative estimate of drug-likeness (QED) is 0.615. The van der Waals surface area contributed by atoms with E-state index in [2.05, 4.69) is 16.0 Å². The topological polar surface area (TPSA) is 99.8 Å². The Hall–Kier alpha value is -2.29. The summed E-state index contributed by atoms with van der Waals surface area (Å²) in [5.41, 5.74) is 2.74. The molecule has 4 aliphatic rings. The van der Waals surface area contributed by atoms with Crippen LogP contribution < -0.4 is 16.0 Å². The highest BCUT2D eigenvalue weighted by atomic mass is 16.5. The van der Waals surface area contributed by atoms with Gasteiger partial charge >= 0.3 is 0 Å². The van der Waals surface area contributed by atoms with Gasteiger partial charge in [0.25, 0.3) is 5.91 Å². The van der Waals surface area contributed by atoms with E-state index in [1.807, 2.05) is 18.2 Å². The van der Waals surface area contributed by atoms with E-state index in [-0.39, 0.29) is 29.7 Å². The zero-order valence-electron chi connectivity index (χ0n) is 15.6. The van der Waals surface area contributed by atoms with E-state index < -0.39 is 6.04 Å². The van der Waals surface area contributed by atoms with Crippen LogP contribution in [0.4, 0.5) is 0 Å². The number of fused-ring (bicyclic) bond motifs is 1. The van der Waals surface area contributed by atoms with E-state index in [1.54, 1.807) is 4.90 Å². The fraction of sp³-hybridized carbons (Fsp3) is 0.550. The number of nitrogens with one attached hydrogen (secondary N) is 3. The minimum absolute atomic E-state index is 0.0322. The predicted molar refractivity (Wildman–Crippen MR) is 99.3 cm³/mol. The van der Waals surface area contributed by atoms with Gasteiger partial charge in [0.2, 0.25) is 11.8 Å². The van der Waals surface area contributed by atoms with Gasteiger partial charge in [-0.15, -0.1) is 0 Å². The van der Waals surface area contributed by atoms with Gasteiger partial charge in [-0.1, -0.05) is 12.1 Å². The first kappa shape index (κ1) is 17.8. The van der Waals surface area contributed by atoms with Crippen molar-refractivity contribution in [2.24, 2.45) is 0 Å². The molecule has 8 nitrogen and oxygen atoms in total. The molecule has 3 amide bonds. The molecule has 0 bridgehead atoms. The molecule has 148 valence electrons. The van der Waals surface area contributed by atoms with Crippen LogP contribution in [0.2, 0.25) is 0 Å². The van der Waals surface area contributed by atoms with Crippen molar-refractivity contribution in [1.82, 2.24) is 20.9 Å². The molecule has 3 N–H and O–H groups in total. The second-order valence-electron chi connectivity index (χ2n) is 8.27. The Balaban J connectivity index is 1.23. The smallest absolute Gasteiger partial charge is 0.255 e. The summed E-state index contributed by atoms with van der Waals surface area (Å²) in [6.45, 7) is 3.73. The summed E-state index contributed by atoms with van der Waals surface area (Å²) < 4.78 is 5.93. The van der Waals surface area contributed by atoms with Gasteiger partial charge < -0.3 is 20.3 Å². The lowest BCUT2D eigenvalue weighted by atomic mass is 9.92. The molecule has 28 heavy (non-hydrogen) atoms. The second-order valence-corrected chi connectivity index (χ2v) is 8.27. The van der Waals surface area contributed by atoms with E-state index in [9.17, 15) is 14.4 Å². The number of ether oxygens (including phenoxy) is 1. The third-order valence-corrected chi connectivity index (χ3v) is 6.29. The number of piperidine rings is 1. The summed E-state index contributed by atoms with van der Waals surface area (Å²) in [7, 11) is 0. The van der Waals surface area contributed by atoms with E-state index in [0.29, 0.717) is 24.6 Å². The summed E-state index contributed by atoms with van der Waals surface area (Å²) in [5, 5.41) is 9.16. The molecule has 2 unspecified atom stereocenters. The van der Waals surface area contributed by atoms with Crippen LogP contribution in [0.5, 0.6) is 0 Å². The summed E-state index contributed by atoms with van der Waals surface area (Å²) in [6.07, 6.45) is 1.68. The first-order chi connectivity index (χ1) is 13.5. The Labute approximate surface area is 163 Å². The van der Waals surface area contributed by atoms with Crippen LogP contribution in [0.25, 0.3) is 0 Å². The third kappa shape index (κ3) is 3.01. The summed E-state index contributed by atoms with van der Waals surface area (Å²) in [4.78, 5) is 37.8. The molecule has 2 atom stereocenters. The first-order valence-corrected chi connectivity index (χ1v) is 9.88. The van der Waals surface area contributed by atoms with Gasteiger partial charge in [-0.2, -0.15) is 0 Å². The molecular weight excluding hydrogens is 360 g/mol. The van der Waals surface area contributed by atoms with Crippen molar-refractivity contribution in [3.05, 3.63) is 34.9 Å². The molecular formula is C20H24N4O4. The number of carbonyl (C=O) groups is 3. The summed E-state index contributed by atoms with van der Waals surface area (Å²) >= 11 is 0. The molecule has 3 fully saturated rings. The molecule has 4 heterocycles. The predicted octanol–water partition coefficient (Wildman–Crippen LogP) is -0.332. The molecule has 5 rings (SSSR count). The highest BCUT2D eigenvalue weighted by molar-refractivity contribution is 6.05. The van der Waals surface area contributed by atoms with Gasteiger partial charge in [-0.05, 0) is 30.0 Å².